The lowest BCUT2D eigenvalue weighted by molar-refractivity contribution is -0.126. The molecule has 1 aliphatic heterocycles. The molecule has 0 aliphatic carbocycles. The van der Waals surface area contributed by atoms with E-state index in [4.69, 9.17) is 16.3 Å². The van der Waals surface area contributed by atoms with E-state index < -0.39 is 30.0 Å². The van der Waals surface area contributed by atoms with Crippen LogP contribution in [0.4, 0.5) is 14.9 Å². The quantitative estimate of drug-likeness (QED) is 0.486. The Balaban J connectivity index is 1.59. The molecule has 1 saturated heterocycles. The maximum absolute atomic E-state index is 13.2. The van der Waals surface area contributed by atoms with Crippen molar-refractivity contribution >= 4 is 35.2 Å². The number of anilines is 1. The molecule has 1 heterocycles. The minimum atomic E-state index is -0.926. The second-order valence-corrected chi connectivity index (χ2v) is 8.42. The Kier molecular flexibility index (Phi) is 7.31. The number of hydrogen-bond acceptors (Lipinski definition) is 4. The van der Waals surface area contributed by atoms with Gasteiger partial charge >= 0.3 is 6.09 Å². The molecule has 2 atom stereocenters. The van der Waals surface area contributed by atoms with Crippen molar-refractivity contribution < 1.29 is 23.5 Å². The lowest BCUT2D eigenvalue weighted by Crippen LogP contribution is -2.46. The van der Waals surface area contributed by atoms with Crippen LogP contribution in [-0.4, -0.2) is 35.4 Å². The fourth-order valence-electron chi connectivity index (χ4n) is 3.92. The highest BCUT2D eigenvalue weighted by atomic mass is 35.5. The van der Waals surface area contributed by atoms with Gasteiger partial charge in [-0.05, 0) is 66.6 Å². The zero-order valence-electron chi connectivity index (χ0n) is 18.8. The van der Waals surface area contributed by atoms with Crippen molar-refractivity contribution in [3.63, 3.8) is 0 Å². The molecule has 0 bridgehead atoms. The summed E-state index contributed by atoms with van der Waals surface area (Å²) in [6.45, 7) is 2.31. The van der Waals surface area contributed by atoms with Gasteiger partial charge in [0.05, 0.1) is 6.54 Å². The highest BCUT2D eigenvalue weighted by molar-refractivity contribution is 6.30. The van der Waals surface area contributed by atoms with Gasteiger partial charge in [0.1, 0.15) is 5.82 Å². The largest absolute Gasteiger partial charge is 0.438 e. The van der Waals surface area contributed by atoms with Gasteiger partial charge in [-0.2, -0.15) is 0 Å². The van der Waals surface area contributed by atoms with Crippen molar-refractivity contribution in [2.24, 2.45) is 0 Å². The number of halogens is 2. The van der Waals surface area contributed by atoms with Crippen LogP contribution >= 0.6 is 11.6 Å². The number of rotatable bonds is 7. The van der Waals surface area contributed by atoms with Crippen LogP contribution in [0, 0.1) is 5.82 Å². The minimum absolute atomic E-state index is 0.138. The number of nitrogens with one attached hydrogen (secondary N) is 2. The molecule has 2 N–H and O–H groups in total. The monoisotopic (exact) mass is 495 g/mol. The molecule has 1 fully saturated rings. The molecule has 7 nitrogen and oxygen atoms in total. The fourth-order valence-corrected chi connectivity index (χ4v) is 4.13. The summed E-state index contributed by atoms with van der Waals surface area (Å²) in [5, 5.41) is 6.04. The third-order valence-corrected chi connectivity index (χ3v) is 5.76. The lowest BCUT2D eigenvalue weighted by Gasteiger charge is -2.24. The van der Waals surface area contributed by atoms with Gasteiger partial charge < -0.3 is 15.4 Å². The number of hydrogen-bond donors (Lipinski definition) is 2. The van der Waals surface area contributed by atoms with Crippen molar-refractivity contribution in [3.8, 4) is 0 Å². The van der Waals surface area contributed by atoms with Gasteiger partial charge in [0.2, 0.25) is 5.91 Å². The molecule has 3 aromatic rings. The zero-order chi connectivity index (χ0) is 24.9. The van der Waals surface area contributed by atoms with E-state index in [1.54, 1.807) is 49.4 Å². The topological polar surface area (TPSA) is 87.7 Å². The second-order valence-electron chi connectivity index (χ2n) is 7.99. The average Bonchev–Trinajstić information content (AvgIpc) is 3.16. The van der Waals surface area contributed by atoms with Gasteiger partial charge in [0.15, 0.2) is 12.1 Å². The average molecular weight is 496 g/mol. The molecule has 9 heteroatoms. The molecule has 0 saturated carbocycles. The third kappa shape index (κ3) is 5.60. The normalized spacial score (nSPS) is 17.1. The molecule has 1 aliphatic rings. The smallest absolute Gasteiger partial charge is 0.411 e. The van der Waals surface area contributed by atoms with Crippen LogP contribution in [-0.2, 0) is 16.1 Å². The number of likely N-dealkylation sites (N-methyl/N-ethyl adjacent to an activating group) is 1. The van der Waals surface area contributed by atoms with Crippen LogP contribution in [0.1, 0.15) is 34.5 Å². The summed E-state index contributed by atoms with van der Waals surface area (Å²) < 4.78 is 18.8. The molecule has 180 valence electrons. The van der Waals surface area contributed by atoms with E-state index in [0.29, 0.717) is 22.8 Å². The second kappa shape index (κ2) is 10.6. The number of benzene rings is 3. The summed E-state index contributed by atoms with van der Waals surface area (Å²) in [5.74, 6) is -1.22. The van der Waals surface area contributed by atoms with Gasteiger partial charge in [-0.15, -0.1) is 0 Å². The Bertz CT molecular complexity index is 1250. The van der Waals surface area contributed by atoms with E-state index in [0.717, 1.165) is 5.56 Å². The lowest BCUT2D eigenvalue weighted by atomic mass is 10.00. The standard InChI is InChI=1S/C26H23ClFN3O4/c1-2-29-25(33)22-23(35-26(34)31(22)15-16-5-3-7-19(27)13-16)18-6-4-8-21(14-18)30-24(32)17-9-11-20(28)12-10-17/h3-14,22-23H,2,15H2,1H3,(H,29,33)(H,30,32)/t22-,23+/m0/s1. The van der Waals surface area contributed by atoms with Gasteiger partial charge in [0, 0.05) is 22.8 Å². The Hall–Kier alpha value is -3.91. The Morgan fingerprint density at radius 3 is 2.51 bits per heavy atom. The Morgan fingerprint density at radius 1 is 1.06 bits per heavy atom. The molecule has 35 heavy (non-hydrogen) atoms. The first kappa shape index (κ1) is 24.2. The van der Waals surface area contributed by atoms with Crippen molar-refractivity contribution in [2.45, 2.75) is 25.6 Å². The maximum atomic E-state index is 13.2. The van der Waals surface area contributed by atoms with Crippen molar-refractivity contribution in [1.82, 2.24) is 10.2 Å². The highest BCUT2D eigenvalue weighted by Gasteiger charge is 2.46. The number of ether oxygens (including phenoxy) is 1. The van der Waals surface area contributed by atoms with E-state index in [1.807, 2.05) is 6.07 Å². The summed E-state index contributed by atoms with van der Waals surface area (Å²) in [5.41, 5.74) is 2.03. The Labute approximate surface area is 206 Å². The molecule has 3 aromatic carbocycles. The molecular formula is C26H23ClFN3O4. The third-order valence-electron chi connectivity index (χ3n) is 5.53. The van der Waals surface area contributed by atoms with E-state index >= 15 is 0 Å². The molecular weight excluding hydrogens is 473 g/mol. The number of carbonyl (C=O) groups excluding carboxylic acids is 3. The summed E-state index contributed by atoms with van der Waals surface area (Å²) in [6.07, 6.45) is -1.53. The summed E-state index contributed by atoms with van der Waals surface area (Å²) in [7, 11) is 0. The van der Waals surface area contributed by atoms with Crippen LogP contribution in [0.5, 0.6) is 0 Å². The van der Waals surface area contributed by atoms with Gasteiger partial charge in [0.25, 0.3) is 5.91 Å². The minimum Gasteiger partial charge on any atom is -0.438 e. The van der Waals surface area contributed by atoms with Crippen LogP contribution in [0.3, 0.4) is 0 Å². The van der Waals surface area contributed by atoms with Crippen LogP contribution in [0.15, 0.2) is 72.8 Å². The first-order valence-corrected chi connectivity index (χ1v) is 11.4. The summed E-state index contributed by atoms with van der Waals surface area (Å²) in [6, 6.07) is 18.0. The summed E-state index contributed by atoms with van der Waals surface area (Å²) in [4.78, 5) is 39.8. The van der Waals surface area contributed by atoms with E-state index in [-0.39, 0.29) is 18.0 Å². The van der Waals surface area contributed by atoms with Gasteiger partial charge in [-0.1, -0.05) is 35.9 Å². The number of nitrogens with zero attached hydrogens (tertiary/aromatic N) is 1. The first-order valence-electron chi connectivity index (χ1n) is 11.0. The SMILES string of the molecule is CCNC(=O)[C@@H]1[C@@H](c2cccc(NC(=O)c3ccc(F)cc3)c2)OC(=O)N1Cc1cccc(Cl)c1. The summed E-state index contributed by atoms with van der Waals surface area (Å²) >= 11 is 6.08. The molecule has 0 unspecified atom stereocenters. The van der Waals surface area contributed by atoms with Gasteiger partial charge in [-0.3, -0.25) is 14.5 Å². The van der Waals surface area contributed by atoms with Crippen LogP contribution < -0.4 is 10.6 Å². The van der Waals surface area contributed by atoms with Crippen molar-refractivity contribution in [2.75, 3.05) is 11.9 Å². The fraction of sp³-hybridized carbons (Fsp3) is 0.192. The van der Waals surface area contributed by atoms with Crippen molar-refractivity contribution in [3.05, 3.63) is 100 Å². The predicted molar refractivity (Wildman–Crippen MR) is 129 cm³/mol. The first-order chi connectivity index (χ1) is 16.9. The predicted octanol–water partition coefficient (Wildman–Crippen LogP) is 4.93. The number of amides is 3. The highest BCUT2D eigenvalue weighted by Crippen LogP contribution is 2.35. The van der Waals surface area contributed by atoms with Crippen LogP contribution in [0.25, 0.3) is 0 Å². The zero-order valence-corrected chi connectivity index (χ0v) is 19.6. The molecule has 0 radical (unpaired) electrons. The van der Waals surface area contributed by atoms with Crippen molar-refractivity contribution in [1.29, 1.82) is 0 Å². The van der Waals surface area contributed by atoms with E-state index in [1.165, 1.54) is 29.2 Å². The molecule has 0 aromatic heterocycles. The van der Waals surface area contributed by atoms with Gasteiger partial charge in [-0.25, -0.2) is 9.18 Å². The maximum Gasteiger partial charge on any atom is 0.411 e. The molecule has 3 amide bonds. The Morgan fingerprint density at radius 2 is 1.80 bits per heavy atom. The van der Waals surface area contributed by atoms with E-state index in [2.05, 4.69) is 10.6 Å². The van der Waals surface area contributed by atoms with Crippen LogP contribution in [0.2, 0.25) is 5.02 Å². The molecule has 4 rings (SSSR count). The number of carbonyl (C=O) groups is 3. The molecule has 0 spiro atoms. The van der Waals surface area contributed by atoms with E-state index in [9.17, 15) is 18.8 Å². The number of cyclic esters (lactones) is 1.